The minimum Gasteiger partial charge on any atom is -0.481 e. The number of nitrogens with two attached hydrogens (primary N) is 1. The van der Waals surface area contributed by atoms with E-state index < -0.39 is 0 Å². The van der Waals surface area contributed by atoms with Crippen LogP contribution in [0.2, 0.25) is 0 Å². The summed E-state index contributed by atoms with van der Waals surface area (Å²) >= 11 is 0. The Bertz CT molecular complexity index is 568. The molecule has 20 heavy (non-hydrogen) atoms. The number of methoxy groups -OCH3 is 1. The lowest BCUT2D eigenvalue weighted by Gasteiger charge is -2.09. The van der Waals surface area contributed by atoms with Crippen LogP contribution in [0.3, 0.4) is 0 Å². The second-order valence-corrected chi connectivity index (χ2v) is 4.90. The van der Waals surface area contributed by atoms with Gasteiger partial charge >= 0.3 is 0 Å². The van der Waals surface area contributed by atoms with Crippen molar-refractivity contribution in [2.24, 2.45) is 11.8 Å². The molecule has 0 aromatic carbocycles. The molecule has 6 nitrogen and oxygen atoms in total. The van der Waals surface area contributed by atoms with Gasteiger partial charge < -0.3 is 10.2 Å². The Labute approximate surface area is 118 Å². The number of nitrogens with zero attached hydrogens (tertiary/aromatic N) is 3. The highest BCUT2D eigenvalue weighted by molar-refractivity contribution is 5.56. The highest BCUT2D eigenvalue weighted by atomic mass is 16.5. The lowest BCUT2D eigenvalue weighted by atomic mass is 10.1. The van der Waals surface area contributed by atoms with Crippen molar-refractivity contribution in [3.8, 4) is 17.3 Å². The molecule has 0 radical (unpaired) electrons. The summed E-state index contributed by atoms with van der Waals surface area (Å²) in [7, 11) is 1.58. The summed E-state index contributed by atoms with van der Waals surface area (Å²) in [6.45, 7) is 4.29. The largest absolute Gasteiger partial charge is 0.481 e. The van der Waals surface area contributed by atoms with Crippen molar-refractivity contribution in [1.29, 1.82) is 0 Å². The van der Waals surface area contributed by atoms with Gasteiger partial charge in [-0.25, -0.2) is 20.8 Å². The number of hydrogen-bond donors (Lipinski definition) is 2. The molecule has 106 valence electrons. The SMILES string of the molecule is COc1ccc(-c2nc(CC(C)C)cc(NN)n2)cn1. The Hall–Kier alpha value is -2.21. The van der Waals surface area contributed by atoms with Gasteiger partial charge in [-0.1, -0.05) is 13.8 Å². The molecular weight excluding hydrogens is 254 g/mol. The predicted octanol–water partition coefficient (Wildman–Crippen LogP) is 2.03. The Morgan fingerprint density at radius 3 is 2.65 bits per heavy atom. The van der Waals surface area contributed by atoms with Crippen molar-refractivity contribution in [3.05, 3.63) is 30.1 Å². The normalized spacial score (nSPS) is 10.7. The van der Waals surface area contributed by atoms with E-state index in [0.29, 0.717) is 23.4 Å². The fourth-order valence-corrected chi connectivity index (χ4v) is 1.86. The zero-order valence-electron chi connectivity index (χ0n) is 11.9. The lowest BCUT2D eigenvalue weighted by Crippen LogP contribution is -2.11. The molecule has 2 heterocycles. The average Bonchev–Trinajstić information content (AvgIpc) is 2.46. The summed E-state index contributed by atoms with van der Waals surface area (Å²) in [4.78, 5) is 13.1. The number of anilines is 1. The van der Waals surface area contributed by atoms with Gasteiger partial charge in [0, 0.05) is 29.6 Å². The van der Waals surface area contributed by atoms with E-state index in [2.05, 4.69) is 34.2 Å². The van der Waals surface area contributed by atoms with Gasteiger partial charge in [0.1, 0.15) is 5.82 Å². The molecule has 2 aromatic heterocycles. The molecule has 0 unspecified atom stereocenters. The topological polar surface area (TPSA) is 86.0 Å². The number of hydrogen-bond acceptors (Lipinski definition) is 6. The van der Waals surface area contributed by atoms with E-state index in [9.17, 15) is 0 Å². The summed E-state index contributed by atoms with van der Waals surface area (Å²) in [6, 6.07) is 5.52. The van der Waals surface area contributed by atoms with E-state index >= 15 is 0 Å². The molecule has 2 aromatic rings. The molecule has 3 N–H and O–H groups in total. The maximum atomic E-state index is 5.47. The van der Waals surface area contributed by atoms with E-state index in [1.807, 2.05) is 12.1 Å². The van der Waals surface area contributed by atoms with Gasteiger partial charge in [0.15, 0.2) is 5.82 Å². The zero-order valence-corrected chi connectivity index (χ0v) is 11.9. The Balaban J connectivity index is 2.38. The minimum atomic E-state index is 0.511. The Kier molecular flexibility index (Phi) is 4.47. The first-order valence-electron chi connectivity index (χ1n) is 6.47. The van der Waals surface area contributed by atoms with Gasteiger partial charge in [0.25, 0.3) is 0 Å². The van der Waals surface area contributed by atoms with Crippen LogP contribution >= 0.6 is 0 Å². The van der Waals surface area contributed by atoms with Crippen molar-refractivity contribution >= 4 is 5.82 Å². The number of nitrogen functional groups attached to an aromatic ring is 1. The monoisotopic (exact) mass is 273 g/mol. The number of rotatable bonds is 5. The molecule has 6 heteroatoms. The van der Waals surface area contributed by atoms with E-state index in [1.165, 1.54) is 0 Å². The summed E-state index contributed by atoms with van der Waals surface area (Å²) < 4.78 is 5.04. The first kappa shape index (κ1) is 14.2. The third-order valence-electron chi connectivity index (χ3n) is 2.75. The first-order valence-corrected chi connectivity index (χ1v) is 6.47. The Morgan fingerprint density at radius 1 is 1.30 bits per heavy atom. The number of nitrogens with one attached hydrogen (secondary N) is 1. The standard InChI is InChI=1S/C14H19N5O/c1-9(2)6-11-7-12(19-15)18-14(17-11)10-4-5-13(20-3)16-8-10/h4-5,7-9H,6,15H2,1-3H3,(H,17,18,19). The average molecular weight is 273 g/mol. The molecule has 0 bridgehead atoms. The van der Waals surface area contributed by atoms with Gasteiger partial charge in [-0.2, -0.15) is 0 Å². The summed E-state index contributed by atoms with van der Waals surface area (Å²) in [5, 5.41) is 0. The molecular formula is C14H19N5O. The molecule has 2 rings (SSSR count). The summed E-state index contributed by atoms with van der Waals surface area (Å²) in [5.74, 6) is 7.74. The van der Waals surface area contributed by atoms with E-state index in [1.54, 1.807) is 19.4 Å². The van der Waals surface area contributed by atoms with Crippen molar-refractivity contribution in [2.45, 2.75) is 20.3 Å². The van der Waals surface area contributed by atoms with Crippen LogP contribution in [0.5, 0.6) is 5.88 Å². The van der Waals surface area contributed by atoms with Crippen LogP contribution in [0.1, 0.15) is 19.5 Å². The quantitative estimate of drug-likeness (QED) is 0.640. The number of hydrazine groups is 1. The maximum Gasteiger partial charge on any atom is 0.212 e. The van der Waals surface area contributed by atoms with Crippen molar-refractivity contribution < 1.29 is 4.74 Å². The van der Waals surface area contributed by atoms with Crippen molar-refractivity contribution in [2.75, 3.05) is 12.5 Å². The molecule has 0 aliphatic rings. The third kappa shape index (κ3) is 3.42. The third-order valence-corrected chi connectivity index (χ3v) is 2.75. The van der Waals surface area contributed by atoms with Crippen LogP contribution in [0.25, 0.3) is 11.4 Å². The second-order valence-electron chi connectivity index (χ2n) is 4.90. The fourth-order valence-electron chi connectivity index (χ4n) is 1.86. The second kappa shape index (κ2) is 6.29. The number of pyridine rings is 1. The highest BCUT2D eigenvalue weighted by Gasteiger charge is 2.08. The molecule has 0 amide bonds. The number of ether oxygens (including phenoxy) is 1. The van der Waals surface area contributed by atoms with Crippen LogP contribution in [0, 0.1) is 5.92 Å². The van der Waals surface area contributed by atoms with Crippen LogP contribution in [-0.2, 0) is 6.42 Å². The lowest BCUT2D eigenvalue weighted by molar-refractivity contribution is 0.398. The molecule has 0 aliphatic heterocycles. The highest BCUT2D eigenvalue weighted by Crippen LogP contribution is 2.20. The van der Waals surface area contributed by atoms with Gasteiger partial charge in [-0.05, 0) is 18.4 Å². The molecule has 0 aliphatic carbocycles. The van der Waals surface area contributed by atoms with Crippen LogP contribution in [0.4, 0.5) is 5.82 Å². The van der Waals surface area contributed by atoms with E-state index in [0.717, 1.165) is 17.7 Å². The summed E-state index contributed by atoms with van der Waals surface area (Å²) in [5.41, 5.74) is 4.36. The smallest absolute Gasteiger partial charge is 0.212 e. The van der Waals surface area contributed by atoms with E-state index in [-0.39, 0.29) is 0 Å². The van der Waals surface area contributed by atoms with E-state index in [4.69, 9.17) is 10.6 Å². The predicted molar refractivity (Wildman–Crippen MR) is 78.2 cm³/mol. The maximum absolute atomic E-state index is 5.47. The minimum absolute atomic E-state index is 0.511. The molecule has 0 fully saturated rings. The van der Waals surface area contributed by atoms with Gasteiger partial charge in [-0.15, -0.1) is 0 Å². The number of aromatic nitrogens is 3. The molecule has 0 spiro atoms. The van der Waals surface area contributed by atoms with Crippen molar-refractivity contribution in [3.63, 3.8) is 0 Å². The fraction of sp³-hybridized carbons (Fsp3) is 0.357. The van der Waals surface area contributed by atoms with Gasteiger partial charge in [0.05, 0.1) is 7.11 Å². The molecule has 0 saturated carbocycles. The van der Waals surface area contributed by atoms with Gasteiger partial charge in [-0.3, -0.25) is 0 Å². The van der Waals surface area contributed by atoms with Crippen molar-refractivity contribution in [1.82, 2.24) is 15.0 Å². The zero-order chi connectivity index (χ0) is 14.5. The molecule has 0 saturated heterocycles. The Morgan fingerprint density at radius 2 is 2.10 bits per heavy atom. The van der Waals surface area contributed by atoms with Crippen LogP contribution < -0.4 is 16.0 Å². The molecule has 0 atom stereocenters. The first-order chi connectivity index (χ1) is 9.62. The van der Waals surface area contributed by atoms with Gasteiger partial charge in [0.2, 0.25) is 5.88 Å². The van der Waals surface area contributed by atoms with Crippen LogP contribution in [-0.4, -0.2) is 22.1 Å². The van der Waals surface area contributed by atoms with Crippen LogP contribution in [0.15, 0.2) is 24.4 Å². The summed E-state index contributed by atoms with van der Waals surface area (Å²) in [6.07, 6.45) is 2.56.